The van der Waals surface area contributed by atoms with Crippen molar-refractivity contribution < 1.29 is 0 Å². The minimum absolute atomic E-state index is 0.184. The summed E-state index contributed by atoms with van der Waals surface area (Å²) in [7, 11) is 0. The molecule has 0 fully saturated rings. The fourth-order valence-corrected chi connectivity index (χ4v) is 9.40. The normalized spacial score (nSPS) is 14.6. The molecule has 278 valence electrons. The molecule has 0 aliphatic heterocycles. The van der Waals surface area contributed by atoms with Gasteiger partial charge in [-0.05, 0) is 73.0 Å². The first-order valence-electron chi connectivity index (χ1n) is 20.4. The third kappa shape index (κ3) is 5.94. The van der Waals surface area contributed by atoms with E-state index in [-0.39, 0.29) is 5.92 Å². The number of hydrogen-bond donors (Lipinski definition) is 0. The second-order valence-corrected chi connectivity index (χ2v) is 15.5. The Hall–Kier alpha value is -7.49. The average molecular weight is 754 g/mol. The Morgan fingerprint density at radius 3 is 1.44 bits per heavy atom. The molecule has 0 N–H and O–H groups in total. The van der Waals surface area contributed by atoms with Crippen molar-refractivity contribution in [3.05, 3.63) is 245 Å². The van der Waals surface area contributed by atoms with E-state index in [2.05, 4.69) is 158 Å². The number of benzene rings is 8. The molecule has 0 spiro atoms. The molecule has 1 atom stereocenters. The maximum absolute atomic E-state index is 5.03. The highest BCUT2D eigenvalue weighted by Crippen LogP contribution is 2.57. The molecule has 0 saturated carbocycles. The summed E-state index contributed by atoms with van der Waals surface area (Å²) >= 11 is 0. The van der Waals surface area contributed by atoms with Gasteiger partial charge in [-0.2, -0.15) is 0 Å². The van der Waals surface area contributed by atoms with E-state index in [1.54, 1.807) is 0 Å². The van der Waals surface area contributed by atoms with E-state index >= 15 is 0 Å². The molecule has 0 radical (unpaired) electrons. The van der Waals surface area contributed by atoms with E-state index in [9.17, 15) is 0 Å². The minimum atomic E-state index is -0.479. The quantitative estimate of drug-likeness (QED) is 0.163. The van der Waals surface area contributed by atoms with E-state index in [4.69, 9.17) is 15.0 Å². The highest BCUT2D eigenvalue weighted by atomic mass is 15.0. The van der Waals surface area contributed by atoms with E-state index in [0.717, 1.165) is 28.7 Å². The molecule has 3 nitrogen and oxygen atoms in total. The smallest absolute Gasteiger partial charge is 0.164 e. The van der Waals surface area contributed by atoms with Crippen molar-refractivity contribution in [2.45, 2.75) is 17.8 Å². The van der Waals surface area contributed by atoms with Crippen LogP contribution in [0.1, 0.15) is 40.2 Å². The first-order valence-corrected chi connectivity index (χ1v) is 20.4. The fraction of sp³-hybridized carbons (Fsp3) is 0.0536. The lowest BCUT2D eigenvalue weighted by Crippen LogP contribution is -2.29. The molecular weight excluding hydrogens is 715 g/mol. The Morgan fingerprint density at radius 2 is 0.847 bits per heavy atom. The van der Waals surface area contributed by atoms with Crippen molar-refractivity contribution in [1.29, 1.82) is 0 Å². The second-order valence-electron chi connectivity index (χ2n) is 15.5. The Labute approximate surface area is 344 Å². The molecule has 59 heavy (non-hydrogen) atoms. The third-order valence-corrected chi connectivity index (χ3v) is 12.1. The molecule has 2 aliphatic rings. The summed E-state index contributed by atoms with van der Waals surface area (Å²) in [4.78, 5) is 15.0. The summed E-state index contributed by atoms with van der Waals surface area (Å²) in [5.41, 5.74) is 13.8. The van der Waals surface area contributed by atoms with Gasteiger partial charge >= 0.3 is 0 Å². The summed E-state index contributed by atoms with van der Waals surface area (Å²) in [5, 5.41) is 2.58. The van der Waals surface area contributed by atoms with Crippen LogP contribution in [0.25, 0.3) is 68.6 Å². The van der Waals surface area contributed by atoms with Gasteiger partial charge in [0, 0.05) is 22.6 Å². The molecule has 0 bridgehead atoms. The van der Waals surface area contributed by atoms with Gasteiger partial charge in [0.1, 0.15) is 0 Å². The number of fused-ring (bicyclic) bond motifs is 4. The Kier molecular flexibility index (Phi) is 8.52. The highest BCUT2D eigenvalue weighted by molar-refractivity contribution is 5.90. The van der Waals surface area contributed by atoms with Crippen LogP contribution < -0.4 is 10.4 Å². The average Bonchev–Trinajstić information content (AvgIpc) is 3.62. The molecule has 2 aliphatic carbocycles. The zero-order valence-electron chi connectivity index (χ0n) is 32.4. The molecule has 9 aromatic rings. The van der Waals surface area contributed by atoms with E-state index in [1.807, 2.05) is 60.7 Å². The first-order chi connectivity index (χ1) is 29.2. The van der Waals surface area contributed by atoms with Gasteiger partial charge in [0.15, 0.2) is 17.5 Å². The molecule has 0 amide bonds. The lowest BCUT2D eigenvalue weighted by molar-refractivity contribution is 0.764. The molecule has 1 heterocycles. The third-order valence-electron chi connectivity index (χ3n) is 12.1. The van der Waals surface area contributed by atoms with Crippen LogP contribution >= 0.6 is 0 Å². The van der Waals surface area contributed by atoms with Crippen LogP contribution in [0.3, 0.4) is 0 Å². The van der Waals surface area contributed by atoms with Gasteiger partial charge in [-0.1, -0.05) is 212 Å². The highest BCUT2D eigenvalue weighted by Gasteiger charge is 2.46. The van der Waals surface area contributed by atoms with Crippen molar-refractivity contribution in [1.82, 2.24) is 15.0 Å². The lowest BCUT2D eigenvalue weighted by Gasteiger charge is -2.34. The van der Waals surface area contributed by atoms with Crippen molar-refractivity contribution in [3.63, 3.8) is 0 Å². The molecule has 0 saturated heterocycles. The molecular formula is C56H39N3. The zero-order chi connectivity index (χ0) is 39.2. The van der Waals surface area contributed by atoms with Crippen LogP contribution in [0.2, 0.25) is 0 Å². The van der Waals surface area contributed by atoms with Crippen LogP contribution in [0.5, 0.6) is 0 Å². The van der Waals surface area contributed by atoms with Crippen LogP contribution in [-0.4, -0.2) is 15.0 Å². The van der Waals surface area contributed by atoms with Crippen molar-refractivity contribution in [2.24, 2.45) is 0 Å². The number of hydrogen-bond acceptors (Lipinski definition) is 3. The van der Waals surface area contributed by atoms with E-state index < -0.39 is 5.41 Å². The van der Waals surface area contributed by atoms with Gasteiger partial charge in [-0.15, -0.1) is 0 Å². The van der Waals surface area contributed by atoms with E-state index in [0.29, 0.717) is 17.5 Å². The fourth-order valence-electron chi connectivity index (χ4n) is 9.40. The molecule has 3 heteroatoms. The van der Waals surface area contributed by atoms with Gasteiger partial charge in [0.05, 0.1) is 5.41 Å². The lowest BCUT2D eigenvalue weighted by atomic mass is 9.67. The first kappa shape index (κ1) is 34.7. The Balaban J connectivity index is 1.12. The Bertz CT molecular complexity index is 3010. The van der Waals surface area contributed by atoms with Crippen molar-refractivity contribution in [3.8, 4) is 56.4 Å². The van der Waals surface area contributed by atoms with Crippen LogP contribution in [-0.2, 0) is 5.41 Å². The number of nitrogens with zero attached hydrogens (tertiary/aromatic N) is 3. The van der Waals surface area contributed by atoms with Crippen LogP contribution in [0.15, 0.2) is 206 Å². The molecule has 11 rings (SSSR count). The Morgan fingerprint density at radius 1 is 0.373 bits per heavy atom. The van der Waals surface area contributed by atoms with Crippen LogP contribution in [0.4, 0.5) is 0 Å². The summed E-state index contributed by atoms with van der Waals surface area (Å²) in [6.45, 7) is 0. The topological polar surface area (TPSA) is 38.7 Å². The van der Waals surface area contributed by atoms with Gasteiger partial charge < -0.3 is 0 Å². The van der Waals surface area contributed by atoms with Gasteiger partial charge in [-0.25, -0.2) is 15.0 Å². The largest absolute Gasteiger partial charge is 0.208 e. The van der Waals surface area contributed by atoms with Crippen molar-refractivity contribution in [2.75, 3.05) is 0 Å². The maximum atomic E-state index is 5.03. The maximum Gasteiger partial charge on any atom is 0.164 e. The SMILES string of the molecule is C1=c2ccccc2=CC(c2cc3c(cc2-c2ccc(-c4nc(-c5ccccc5)nc(-c5ccccc5)n4)cc2)-c2ccccc2C3(c2ccccc2)c2ccccc2)C1. The second kappa shape index (κ2) is 14.5. The summed E-state index contributed by atoms with van der Waals surface area (Å²) in [6.07, 6.45) is 5.81. The predicted molar refractivity (Wildman–Crippen MR) is 241 cm³/mol. The van der Waals surface area contributed by atoms with Gasteiger partial charge in [-0.3, -0.25) is 0 Å². The molecule has 1 aromatic heterocycles. The number of rotatable bonds is 7. The monoisotopic (exact) mass is 753 g/mol. The summed E-state index contributed by atoms with van der Waals surface area (Å²) < 4.78 is 0. The predicted octanol–water partition coefficient (Wildman–Crippen LogP) is 11.7. The van der Waals surface area contributed by atoms with Crippen LogP contribution in [0, 0.1) is 0 Å². The summed E-state index contributed by atoms with van der Waals surface area (Å²) in [5.74, 6) is 2.14. The summed E-state index contributed by atoms with van der Waals surface area (Å²) in [6, 6.07) is 74.1. The standard InChI is InChI=1S/C56H39N3/c1-5-18-40(19-6-1)53-57-54(41-20-7-2-8-21-41)59-55(58-53)42-32-30-39(31-33-42)48-36-50-47-27-15-16-28-51(47)56(45-23-9-3-10-24-45,46-25-11-4-12-26-46)52(50)37-49(48)44-34-29-38-17-13-14-22-43(38)35-44/h1-33,35-37,44H,34H2. The molecule has 1 unspecified atom stereocenters. The van der Waals surface area contributed by atoms with Crippen molar-refractivity contribution >= 4 is 12.2 Å². The van der Waals surface area contributed by atoms with Gasteiger partial charge in [0.25, 0.3) is 0 Å². The number of aromatic nitrogens is 3. The van der Waals surface area contributed by atoms with Gasteiger partial charge in [0.2, 0.25) is 0 Å². The molecule has 8 aromatic carbocycles. The van der Waals surface area contributed by atoms with E-state index in [1.165, 1.54) is 54.9 Å². The zero-order valence-corrected chi connectivity index (χ0v) is 32.4. The minimum Gasteiger partial charge on any atom is -0.208 e.